The summed E-state index contributed by atoms with van der Waals surface area (Å²) in [5, 5.41) is 13.0. The molecule has 0 heterocycles. The third-order valence-corrected chi connectivity index (χ3v) is 4.27. The van der Waals surface area contributed by atoms with Crippen molar-refractivity contribution in [3.8, 4) is 23.0 Å². The molecule has 142 valence electrons. The SMILES string of the molecule is O=C(O)CNC(=O)C#CCNC(=O)OCC1c2ccccc2-c2ccccc21. The van der Waals surface area contributed by atoms with Gasteiger partial charge in [-0.3, -0.25) is 9.59 Å². The summed E-state index contributed by atoms with van der Waals surface area (Å²) in [6.45, 7) is -0.406. The second-order valence-corrected chi connectivity index (χ2v) is 6.06. The number of carbonyl (C=O) groups is 3. The minimum atomic E-state index is -1.16. The normalized spacial score (nSPS) is 11.4. The fourth-order valence-electron chi connectivity index (χ4n) is 3.09. The molecule has 0 bridgehead atoms. The Balaban J connectivity index is 1.52. The van der Waals surface area contributed by atoms with Crippen molar-refractivity contribution < 1.29 is 24.2 Å². The molecule has 0 aliphatic heterocycles. The fraction of sp³-hybridized carbons (Fsp3) is 0.190. The molecule has 0 atom stereocenters. The van der Waals surface area contributed by atoms with Gasteiger partial charge >= 0.3 is 12.1 Å². The van der Waals surface area contributed by atoms with Crippen molar-refractivity contribution >= 4 is 18.0 Å². The standard InChI is InChI=1S/C21H18N2O5/c24-19(23-12-20(25)26)10-5-11-22-21(27)28-13-18-16-8-3-1-6-14(16)15-7-2-4-9-17(15)18/h1-4,6-9,18H,11-13H2,(H,22,27)(H,23,24)(H,25,26). The zero-order valence-electron chi connectivity index (χ0n) is 14.9. The van der Waals surface area contributed by atoms with Crippen molar-refractivity contribution in [2.75, 3.05) is 19.7 Å². The van der Waals surface area contributed by atoms with Crippen LogP contribution < -0.4 is 10.6 Å². The first kappa shape index (κ1) is 19.0. The predicted octanol–water partition coefficient (Wildman–Crippen LogP) is 1.73. The zero-order chi connectivity index (χ0) is 19.9. The smallest absolute Gasteiger partial charge is 0.407 e. The van der Waals surface area contributed by atoms with E-state index in [0.717, 1.165) is 22.3 Å². The van der Waals surface area contributed by atoms with E-state index in [1.54, 1.807) is 0 Å². The van der Waals surface area contributed by atoms with Gasteiger partial charge in [0.1, 0.15) is 13.2 Å². The maximum Gasteiger partial charge on any atom is 0.407 e. The van der Waals surface area contributed by atoms with Crippen molar-refractivity contribution in [3.63, 3.8) is 0 Å². The number of hydrogen-bond donors (Lipinski definition) is 3. The summed E-state index contributed by atoms with van der Waals surface area (Å²) in [5.41, 5.74) is 4.52. The van der Waals surface area contributed by atoms with Gasteiger partial charge in [0.15, 0.2) is 0 Å². The Morgan fingerprint density at radius 2 is 1.57 bits per heavy atom. The molecule has 2 aromatic rings. The van der Waals surface area contributed by atoms with Crippen LogP contribution in [-0.2, 0) is 14.3 Å². The van der Waals surface area contributed by atoms with Crippen LogP contribution in [0.5, 0.6) is 0 Å². The Morgan fingerprint density at radius 1 is 0.964 bits per heavy atom. The molecule has 0 saturated carbocycles. The summed E-state index contributed by atoms with van der Waals surface area (Å²) in [5.74, 6) is 2.69. The van der Waals surface area contributed by atoms with Gasteiger partial charge in [-0.25, -0.2) is 4.79 Å². The van der Waals surface area contributed by atoms with Crippen LogP contribution in [0.1, 0.15) is 17.0 Å². The lowest BCUT2D eigenvalue weighted by Crippen LogP contribution is -2.29. The Bertz CT molecular complexity index is 929. The van der Waals surface area contributed by atoms with Gasteiger partial charge < -0.3 is 20.5 Å². The number of carboxylic acids is 1. The maximum atomic E-state index is 11.9. The molecule has 0 radical (unpaired) electrons. The van der Waals surface area contributed by atoms with Crippen LogP contribution in [0.4, 0.5) is 4.79 Å². The molecule has 3 rings (SSSR count). The lowest BCUT2D eigenvalue weighted by molar-refractivity contribution is -0.137. The Hall–Kier alpha value is -3.79. The molecule has 1 aliphatic rings. The number of alkyl carbamates (subject to hydrolysis) is 1. The number of fused-ring (bicyclic) bond motifs is 3. The third kappa shape index (κ3) is 4.48. The number of aliphatic carboxylic acids is 1. The number of amides is 2. The first-order valence-corrected chi connectivity index (χ1v) is 8.63. The lowest BCUT2D eigenvalue weighted by Gasteiger charge is -2.14. The predicted molar refractivity (Wildman–Crippen MR) is 101 cm³/mol. The number of hydrogen-bond acceptors (Lipinski definition) is 4. The average molecular weight is 378 g/mol. The lowest BCUT2D eigenvalue weighted by atomic mass is 9.98. The molecule has 2 aromatic carbocycles. The van der Waals surface area contributed by atoms with Crippen LogP contribution in [0.3, 0.4) is 0 Å². The number of nitrogens with one attached hydrogen (secondary N) is 2. The summed E-state index contributed by atoms with van der Waals surface area (Å²) in [4.78, 5) is 33.5. The first-order chi connectivity index (χ1) is 13.6. The maximum absolute atomic E-state index is 11.9. The summed E-state index contributed by atoms with van der Waals surface area (Å²) in [6, 6.07) is 16.1. The van der Waals surface area contributed by atoms with E-state index in [-0.39, 0.29) is 19.1 Å². The molecule has 0 saturated heterocycles. The average Bonchev–Trinajstić information content (AvgIpc) is 3.02. The van der Waals surface area contributed by atoms with E-state index >= 15 is 0 Å². The number of rotatable bonds is 5. The Morgan fingerprint density at radius 3 is 2.18 bits per heavy atom. The molecule has 28 heavy (non-hydrogen) atoms. The van der Waals surface area contributed by atoms with Crippen molar-refractivity contribution in [1.82, 2.24) is 10.6 Å². The molecule has 3 N–H and O–H groups in total. The second kappa shape index (κ2) is 8.73. The molecule has 2 amide bonds. The monoisotopic (exact) mass is 378 g/mol. The van der Waals surface area contributed by atoms with Crippen LogP contribution in [0.15, 0.2) is 48.5 Å². The summed E-state index contributed by atoms with van der Waals surface area (Å²) < 4.78 is 5.33. The summed E-state index contributed by atoms with van der Waals surface area (Å²) in [7, 11) is 0. The highest BCUT2D eigenvalue weighted by Crippen LogP contribution is 2.44. The Kier molecular flexibility index (Phi) is 5.92. The number of carboxylic acid groups (broad SMARTS) is 1. The van der Waals surface area contributed by atoms with Gasteiger partial charge in [-0.1, -0.05) is 54.5 Å². The number of ether oxygens (including phenoxy) is 1. The molecule has 7 heteroatoms. The van der Waals surface area contributed by atoms with E-state index in [9.17, 15) is 14.4 Å². The van der Waals surface area contributed by atoms with Crippen molar-refractivity contribution in [2.45, 2.75) is 5.92 Å². The largest absolute Gasteiger partial charge is 0.480 e. The van der Waals surface area contributed by atoms with E-state index in [1.165, 1.54) is 0 Å². The van der Waals surface area contributed by atoms with Crippen LogP contribution >= 0.6 is 0 Å². The topological polar surface area (TPSA) is 105 Å². The van der Waals surface area contributed by atoms with Crippen LogP contribution in [-0.4, -0.2) is 42.8 Å². The first-order valence-electron chi connectivity index (χ1n) is 8.63. The highest BCUT2D eigenvalue weighted by molar-refractivity contribution is 5.95. The quantitative estimate of drug-likeness (QED) is 0.688. The van der Waals surface area contributed by atoms with Gasteiger partial charge in [0.25, 0.3) is 5.91 Å². The highest BCUT2D eigenvalue weighted by atomic mass is 16.5. The highest BCUT2D eigenvalue weighted by Gasteiger charge is 2.28. The van der Waals surface area contributed by atoms with Crippen molar-refractivity contribution in [3.05, 3.63) is 59.7 Å². The van der Waals surface area contributed by atoms with E-state index in [1.807, 2.05) is 36.4 Å². The van der Waals surface area contributed by atoms with E-state index in [0.29, 0.717) is 0 Å². The molecule has 7 nitrogen and oxygen atoms in total. The molecular weight excluding hydrogens is 360 g/mol. The minimum absolute atomic E-state index is 0.0361. The minimum Gasteiger partial charge on any atom is -0.480 e. The van der Waals surface area contributed by atoms with E-state index < -0.39 is 24.5 Å². The van der Waals surface area contributed by atoms with Gasteiger partial charge in [0.2, 0.25) is 0 Å². The number of carbonyl (C=O) groups excluding carboxylic acids is 2. The van der Waals surface area contributed by atoms with Crippen molar-refractivity contribution in [2.24, 2.45) is 0 Å². The van der Waals surface area contributed by atoms with E-state index in [4.69, 9.17) is 9.84 Å². The van der Waals surface area contributed by atoms with E-state index in [2.05, 4.69) is 34.6 Å². The molecule has 0 fully saturated rings. The summed E-state index contributed by atoms with van der Waals surface area (Å²) >= 11 is 0. The second-order valence-electron chi connectivity index (χ2n) is 6.06. The van der Waals surface area contributed by atoms with Gasteiger partial charge in [-0.15, -0.1) is 0 Å². The van der Waals surface area contributed by atoms with Crippen LogP contribution in [0, 0.1) is 11.8 Å². The molecule has 0 aromatic heterocycles. The number of benzene rings is 2. The molecule has 0 unspecified atom stereocenters. The van der Waals surface area contributed by atoms with Gasteiger partial charge in [-0.05, 0) is 28.2 Å². The van der Waals surface area contributed by atoms with Crippen molar-refractivity contribution in [1.29, 1.82) is 0 Å². The third-order valence-electron chi connectivity index (χ3n) is 4.27. The zero-order valence-corrected chi connectivity index (χ0v) is 14.9. The van der Waals surface area contributed by atoms with Crippen LogP contribution in [0.25, 0.3) is 11.1 Å². The summed E-state index contributed by atoms with van der Waals surface area (Å²) in [6.07, 6.45) is -0.637. The van der Waals surface area contributed by atoms with Gasteiger partial charge in [-0.2, -0.15) is 0 Å². The Labute approximate surface area is 161 Å². The van der Waals surface area contributed by atoms with Gasteiger partial charge in [0, 0.05) is 5.92 Å². The molecular formula is C21H18N2O5. The van der Waals surface area contributed by atoms with Gasteiger partial charge in [0.05, 0.1) is 6.54 Å². The fourth-order valence-corrected chi connectivity index (χ4v) is 3.09. The van der Waals surface area contributed by atoms with Crippen LogP contribution in [0.2, 0.25) is 0 Å². The molecule has 0 spiro atoms. The molecule has 1 aliphatic carbocycles.